The number of nitrogens with zero attached hydrogens (tertiary/aromatic N) is 5. The predicted molar refractivity (Wildman–Crippen MR) is 196 cm³/mol. The summed E-state index contributed by atoms with van der Waals surface area (Å²) in [5.74, 6) is -0.848. The number of piperidine rings is 1. The lowest BCUT2D eigenvalue weighted by Crippen LogP contribution is -2.57. The van der Waals surface area contributed by atoms with Crippen LogP contribution in [-0.2, 0) is 10.2 Å². The summed E-state index contributed by atoms with van der Waals surface area (Å²) in [6.07, 6.45) is 5.11. The summed E-state index contributed by atoms with van der Waals surface area (Å²) in [5, 5.41) is 5.62. The molecule has 2 aliphatic heterocycles. The van der Waals surface area contributed by atoms with Gasteiger partial charge in [0.2, 0.25) is 5.91 Å². The van der Waals surface area contributed by atoms with Gasteiger partial charge in [-0.25, -0.2) is 23.1 Å². The number of anilines is 3. The number of rotatable bonds is 9. The third-order valence-electron chi connectivity index (χ3n) is 11.8. The number of fused-ring (bicyclic) bond motifs is 2. The quantitative estimate of drug-likeness (QED) is 0.182. The van der Waals surface area contributed by atoms with Crippen molar-refractivity contribution in [2.45, 2.75) is 115 Å². The van der Waals surface area contributed by atoms with Crippen molar-refractivity contribution < 1.29 is 22.8 Å². The first kappa shape index (κ1) is 34.6. The van der Waals surface area contributed by atoms with Gasteiger partial charge in [-0.1, -0.05) is 18.6 Å². The number of nitrogens with one attached hydrogen (secondary N) is 2. The number of carbonyl (C=O) groups excluding carboxylic acids is 2. The number of alkyl halides is 2. The van der Waals surface area contributed by atoms with Crippen molar-refractivity contribution in [1.29, 1.82) is 0 Å². The summed E-state index contributed by atoms with van der Waals surface area (Å²) < 4.78 is 44.9. The van der Waals surface area contributed by atoms with Crippen LogP contribution in [-0.4, -0.2) is 68.4 Å². The zero-order valence-corrected chi connectivity index (χ0v) is 30.4. The molecule has 274 valence electrons. The molecule has 0 unspecified atom stereocenters. The Morgan fingerprint density at radius 1 is 1.00 bits per heavy atom. The lowest BCUT2D eigenvalue weighted by molar-refractivity contribution is -0.123. The fourth-order valence-electron chi connectivity index (χ4n) is 8.31. The Hall–Kier alpha value is -4.45. The third kappa shape index (κ3) is 5.74. The SMILES string of the molecule is Cc1cc(F)c(Nc2nc(-c3ccc4c(c3)N(C3CC(N5CCCCC5)C3)C(=O)C4(C)C)cc3ncn(C(C)C)c23)cc1C(=O)NC1(C(F)F)CC1. The first-order valence-electron chi connectivity index (χ1n) is 18.6. The molecule has 2 aromatic carbocycles. The summed E-state index contributed by atoms with van der Waals surface area (Å²) in [6, 6.07) is 11.2. The largest absolute Gasteiger partial charge is 0.341 e. The molecule has 2 aliphatic carbocycles. The smallest absolute Gasteiger partial charge is 0.261 e. The van der Waals surface area contributed by atoms with E-state index < -0.39 is 29.1 Å². The summed E-state index contributed by atoms with van der Waals surface area (Å²) in [6.45, 7) is 11.8. The van der Waals surface area contributed by atoms with Crippen LogP contribution in [0.4, 0.5) is 30.4 Å². The number of aryl methyl sites for hydroxylation is 1. The van der Waals surface area contributed by atoms with Crippen molar-refractivity contribution in [1.82, 2.24) is 24.8 Å². The highest BCUT2D eigenvalue weighted by atomic mass is 19.3. The van der Waals surface area contributed by atoms with Crippen molar-refractivity contribution in [2.24, 2.45) is 0 Å². The Labute approximate surface area is 302 Å². The molecule has 2 N–H and O–H groups in total. The van der Waals surface area contributed by atoms with Gasteiger partial charge in [-0.05, 0) is 122 Å². The Kier molecular flexibility index (Phi) is 8.39. The number of hydrogen-bond acceptors (Lipinski definition) is 6. The van der Waals surface area contributed by atoms with Crippen LogP contribution in [0.5, 0.6) is 0 Å². The zero-order chi connectivity index (χ0) is 36.7. The number of amides is 2. The van der Waals surface area contributed by atoms with E-state index >= 15 is 4.39 Å². The van der Waals surface area contributed by atoms with E-state index in [-0.39, 0.29) is 42.1 Å². The van der Waals surface area contributed by atoms with E-state index in [1.807, 2.05) is 61.4 Å². The normalized spacial score (nSPS) is 22.2. The van der Waals surface area contributed by atoms with Crippen LogP contribution in [0.15, 0.2) is 42.7 Å². The number of hydrogen-bond donors (Lipinski definition) is 2. The summed E-state index contributed by atoms with van der Waals surface area (Å²) in [7, 11) is 0. The molecule has 4 aliphatic rings. The Morgan fingerprint density at radius 2 is 1.73 bits per heavy atom. The lowest BCUT2D eigenvalue weighted by Gasteiger charge is -2.48. The highest BCUT2D eigenvalue weighted by Crippen LogP contribution is 2.48. The monoisotopic (exact) mass is 713 g/mol. The molecule has 2 saturated carbocycles. The molecular formula is C40H46F3N7O2. The van der Waals surface area contributed by atoms with Gasteiger partial charge in [0.05, 0.1) is 28.6 Å². The summed E-state index contributed by atoms with van der Waals surface area (Å²) in [5.41, 5.74) is 2.77. The molecule has 3 fully saturated rings. The van der Waals surface area contributed by atoms with Crippen molar-refractivity contribution in [2.75, 3.05) is 23.3 Å². The van der Waals surface area contributed by atoms with E-state index in [1.165, 1.54) is 31.4 Å². The average Bonchev–Trinajstić information content (AvgIpc) is 3.69. The topological polar surface area (TPSA) is 95.4 Å². The maximum Gasteiger partial charge on any atom is 0.261 e. The molecule has 4 heterocycles. The summed E-state index contributed by atoms with van der Waals surface area (Å²) in [4.78, 5) is 41.5. The van der Waals surface area contributed by atoms with Crippen LogP contribution in [0.2, 0.25) is 0 Å². The van der Waals surface area contributed by atoms with Gasteiger partial charge in [0.1, 0.15) is 16.9 Å². The molecular weight excluding hydrogens is 667 g/mol. The molecule has 8 rings (SSSR count). The molecule has 0 spiro atoms. The number of carbonyl (C=O) groups is 2. The van der Waals surface area contributed by atoms with E-state index in [0.29, 0.717) is 34.2 Å². The van der Waals surface area contributed by atoms with Crippen LogP contribution < -0.4 is 15.5 Å². The maximum atomic E-state index is 15.6. The van der Waals surface area contributed by atoms with Crippen molar-refractivity contribution in [3.05, 3.63) is 65.2 Å². The Bertz CT molecular complexity index is 2080. The lowest BCUT2D eigenvalue weighted by atomic mass is 9.82. The van der Waals surface area contributed by atoms with Crippen LogP contribution in [0.1, 0.15) is 100 Å². The van der Waals surface area contributed by atoms with Gasteiger partial charge >= 0.3 is 0 Å². The number of benzene rings is 2. The third-order valence-corrected chi connectivity index (χ3v) is 11.8. The van der Waals surface area contributed by atoms with Gasteiger partial charge in [-0.2, -0.15) is 0 Å². The highest BCUT2D eigenvalue weighted by Gasteiger charge is 2.53. The number of halogens is 3. The number of aromatic nitrogens is 3. The average molecular weight is 714 g/mol. The van der Waals surface area contributed by atoms with E-state index in [0.717, 1.165) is 42.7 Å². The van der Waals surface area contributed by atoms with Gasteiger partial charge in [-0.15, -0.1) is 0 Å². The summed E-state index contributed by atoms with van der Waals surface area (Å²) >= 11 is 0. The van der Waals surface area contributed by atoms with E-state index in [9.17, 15) is 18.4 Å². The molecule has 12 heteroatoms. The van der Waals surface area contributed by atoms with Gasteiger partial charge in [0.25, 0.3) is 12.3 Å². The van der Waals surface area contributed by atoms with Crippen LogP contribution in [0.25, 0.3) is 22.3 Å². The minimum atomic E-state index is -2.69. The van der Waals surface area contributed by atoms with Crippen molar-refractivity contribution in [3.63, 3.8) is 0 Å². The molecule has 1 saturated heterocycles. The molecule has 0 radical (unpaired) electrons. The highest BCUT2D eigenvalue weighted by molar-refractivity contribution is 6.09. The zero-order valence-electron chi connectivity index (χ0n) is 30.4. The molecule has 4 aromatic rings. The fourth-order valence-corrected chi connectivity index (χ4v) is 8.31. The maximum absolute atomic E-state index is 15.6. The molecule has 52 heavy (non-hydrogen) atoms. The van der Waals surface area contributed by atoms with Crippen LogP contribution in [0, 0.1) is 12.7 Å². The van der Waals surface area contributed by atoms with Gasteiger partial charge in [0.15, 0.2) is 5.82 Å². The van der Waals surface area contributed by atoms with Crippen LogP contribution in [0.3, 0.4) is 0 Å². The first-order chi connectivity index (χ1) is 24.8. The molecule has 0 atom stereocenters. The molecule has 2 amide bonds. The van der Waals surface area contributed by atoms with Crippen molar-refractivity contribution >= 4 is 40.0 Å². The fraction of sp³-hybridized carbons (Fsp3) is 0.500. The van der Waals surface area contributed by atoms with Crippen LogP contribution >= 0.6 is 0 Å². The molecule has 9 nitrogen and oxygen atoms in total. The predicted octanol–water partition coefficient (Wildman–Crippen LogP) is 8.04. The Balaban J connectivity index is 1.15. The van der Waals surface area contributed by atoms with Gasteiger partial charge in [0, 0.05) is 34.9 Å². The molecule has 0 bridgehead atoms. The second kappa shape index (κ2) is 12.6. The van der Waals surface area contributed by atoms with E-state index in [4.69, 9.17) is 4.98 Å². The number of pyridine rings is 1. The van der Waals surface area contributed by atoms with E-state index in [1.54, 1.807) is 13.3 Å². The minimum absolute atomic E-state index is 0.00418. The number of imidazole rings is 1. The minimum Gasteiger partial charge on any atom is -0.341 e. The van der Waals surface area contributed by atoms with Crippen molar-refractivity contribution in [3.8, 4) is 11.3 Å². The van der Waals surface area contributed by atoms with Gasteiger partial charge < -0.3 is 25.0 Å². The van der Waals surface area contributed by atoms with Gasteiger partial charge in [-0.3, -0.25) is 9.59 Å². The standard InChI is InChI=1S/C40H46F3N7O2/c1-22(2)49-21-44-32-20-30(45-35(34(32)49)46-31-19-27(23(3)15-29(31)41)36(51)47-40(11-12-40)37(42)43)24-9-10-28-33(16-24)50(38(52)39(28,4)5)26-17-25(18-26)48-13-7-6-8-14-48/h9-10,15-16,19-22,25-26,37H,6-8,11-14,17-18H2,1-5H3,(H,45,46)(H,47,51). The first-order valence-corrected chi connectivity index (χ1v) is 18.6. The molecule has 2 aromatic heterocycles. The number of likely N-dealkylation sites (tertiary alicyclic amines) is 1. The second-order valence-corrected chi connectivity index (χ2v) is 16.1. The second-order valence-electron chi connectivity index (χ2n) is 16.1. The Morgan fingerprint density at radius 3 is 2.40 bits per heavy atom. The van der Waals surface area contributed by atoms with E-state index in [2.05, 4.69) is 20.5 Å².